The van der Waals surface area contributed by atoms with Crippen LogP contribution in [0.1, 0.15) is 38.5 Å². The van der Waals surface area contributed by atoms with Gasteiger partial charge in [-0.1, -0.05) is 13.8 Å². The molecule has 4 heteroatoms. The van der Waals surface area contributed by atoms with Crippen LogP contribution in [0.4, 0.5) is 0 Å². The fourth-order valence-electron chi connectivity index (χ4n) is 2.54. The lowest BCUT2D eigenvalue weighted by Crippen LogP contribution is -2.52. The SMILES string of the molecule is CCOC(CC)(CC)C(Cc1sccc1Br)NC. The first-order valence-corrected chi connectivity index (χ1v) is 8.33. The zero-order valence-corrected chi connectivity index (χ0v) is 14.2. The second kappa shape index (κ2) is 7.63. The summed E-state index contributed by atoms with van der Waals surface area (Å²) in [6.07, 6.45) is 3.08. The number of ether oxygens (including phenoxy) is 1. The summed E-state index contributed by atoms with van der Waals surface area (Å²) < 4.78 is 7.31. The molecule has 1 heterocycles. The largest absolute Gasteiger partial charge is 0.374 e. The maximum Gasteiger partial charge on any atom is 0.0832 e. The van der Waals surface area contributed by atoms with Crippen LogP contribution in [-0.2, 0) is 11.2 Å². The van der Waals surface area contributed by atoms with Crippen LogP contribution >= 0.6 is 27.3 Å². The summed E-state index contributed by atoms with van der Waals surface area (Å²) in [5.41, 5.74) is -0.0626. The van der Waals surface area contributed by atoms with Crippen LogP contribution < -0.4 is 5.32 Å². The van der Waals surface area contributed by atoms with Gasteiger partial charge < -0.3 is 10.1 Å². The molecule has 0 amide bonds. The van der Waals surface area contributed by atoms with E-state index < -0.39 is 0 Å². The first-order valence-electron chi connectivity index (χ1n) is 6.66. The zero-order chi connectivity index (χ0) is 13.6. The Kier molecular flexibility index (Phi) is 6.85. The first kappa shape index (κ1) is 16.2. The number of hydrogen-bond acceptors (Lipinski definition) is 3. The Morgan fingerprint density at radius 1 is 1.39 bits per heavy atom. The van der Waals surface area contributed by atoms with Gasteiger partial charge in [0.1, 0.15) is 0 Å². The molecule has 1 unspecified atom stereocenters. The number of rotatable bonds is 8. The molecule has 104 valence electrons. The molecule has 0 radical (unpaired) electrons. The van der Waals surface area contributed by atoms with Crippen molar-refractivity contribution in [3.05, 3.63) is 20.8 Å². The molecule has 0 aliphatic rings. The molecular weight excluding hydrogens is 310 g/mol. The van der Waals surface area contributed by atoms with Crippen molar-refractivity contribution in [3.8, 4) is 0 Å². The minimum atomic E-state index is -0.0626. The van der Waals surface area contributed by atoms with E-state index >= 15 is 0 Å². The molecule has 18 heavy (non-hydrogen) atoms. The van der Waals surface area contributed by atoms with Crippen LogP contribution in [-0.4, -0.2) is 25.3 Å². The van der Waals surface area contributed by atoms with Crippen LogP contribution in [0.2, 0.25) is 0 Å². The van der Waals surface area contributed by atoms with Crippen molar-refractivity contribution in [2.24, 2.45) is 0 Å². The van der Waals surface area contributed by atoms with Gasteiger partial charge in [0.15, 0.2) is 0 Å². The molecule has 0 aromatic carbocycles. The summed E-state index contributed by atoms with van der Waals surface area (Å²) in [6.45, 7) is 7.28. The molecule has 0 saturated carbocycles. The minimum Gasteiger partial charge on any atom is -0.374 e. The molecular formula is C14H24BrNOS. The summed E-state index contributed by atoms with van der Waals surface area (Å²) in [5.74, 6) is 0. The van der Waals surface area contributed by atoms with Crippen molar-refractivity contribution in [1.29, 1.82) is 0 Å². The number of nitrogens with one attached hydrogen (secondary N) is 1. The van der Waals surface area contributed by atoms with E-state index in [0.29, 0.717) is 6.04 Å². The van der Waals surface area contributed by atoms with Crippen molar-refractivity contribution in [2.75, 3.05) is 13.7 Å². The predicted molar refractivity (Wildman–Crippen MR) is 83.5 cm³/mol. The maximum atomic E-state index is 6.10. The molecule has 1 atom stereocenters. The molecule has 0 fully saturated rings. The van der Waals surface area contributed by atoms with E-state index in [9.17, 15) is 0 Å². The number of likely N-dealkylation sites (N-methyl/N-ethyl adjacent to an activating group) is 1. The van der Waals surface area contributed by atoms with E-state index in [1.54, 1.807) is 11.3 Å². The van der Waals surface area contributed by atoms with Gasteiger partial charge in [-0.3, -0.25) is 0 Å². The minimum absolute atomic E-state index is 0.0626. The predicted octanol–water partition coefficient (Wildman–Crippen LogP) is 4.24. The zero-order valence-electron chi connectivity index (χ0n) is 11.8. The highest BCUT2D eigenvalue weighted by molar-refractivity contribution is 9.10. The van der Waals surface area contributed by atoms with Crippen molar-refractivity contribution >= 4 is 27.3 Å². The average Bonchev–Trinajstić information content (AvgIpc) is 2.79. The van der Waals surface area contributed by atoms with Crippen molar-refractivity contribution in [2.45, 2.75) is 51.7 Å². The van der Waals surface area contributed by atoms with Crippen molar-refractivity contribution < 1.29 is 4.74 Å². The third kappa shape index (κ3) is 3.56. The summed E-state index contributed by atoms with van der Waals surface area (Å²) in [5, 5.41) is 5.59. The van der Waals surface area contributed by atoms with Gasteiger partial charge in [-0.15, -0.1) is 11.3 Å². The highest BCUT2D eigenvalue weighted by Crippen LogP contribution is 2.31. The number of hydrogen-bond donors (Lipinski definition) is 1. The van der Waals surface area contributed by atoms with Crippen molar-refractivity contribution in [3.63, 3.8) is 0 Å². The lowest BCUT2D eigenvalue weighted by molar-refractivity contribution is -0.0702. The van der Waals surface area contributed by atoms with Gasteiger partial charge in [-0.25, -0.2) is 0 Å². The highest BCUT2D eigenvalue weighted by atomic mass is 79.9. The van der Waals surface area contributed by atoms with Crippen LogP contribution in [0, 0.1) is 0 Å². The van der Waals surface area contributed by atoms with E-state index in [0.717, 1.165) is 25.9 Å². The van der Waals surface area contributed by atoms with Crippen LogP contribution in [0.25, 0.3) is 0 Å². The molecule has 1 rings (SSSR count). The van der Waals surface area contributed by atoms with E-state index in [1.807, 2.05) is 7.05 Å². The summed E-state index contributed by atoms with van der Waals surface area (Å²) >= 11 is 5.42. The highest BCUT2D eigenvalue weighted by Gasteiger charge is 2.36. The molecule has 0 aliphatic carbocycles. The third-order valence-electron chi connectivity index (χ3n) is 3.69. The molecule has 1 N–H and O–H groups in total. The smallest absolute Gasteiger partial charge is 0.0832 e. The number of halogens is 1. The lowest BCUT2D eigenvalue weighted by Gasteiger charge is -2.39. The van der Waals surface area contributed by atoms with Gasteiger partial charge in [0.05, 0.1) is 5.60 Å². The van der Waals surface area contributed by atoms with Gasteiger partial charge in [0, 0.05) is 28.4 Å². The van der Waals surface area contributed by atoms with Gasteiger partial charge in [-0.05, 0) is 54.2 Å². The van der Waals surface area contributed by atoms with E-state index in [-0.39, 0.29) is 5.60 Å². The molecule has 0 saturated heterocycles. The molecule has 0 spiro atoms. The Morgan fingerprint density at radius 3 is 2.44 bits per heavy atom. The van der Waals surface area contributed by atoms with Gasteiger partial charge >= 0.3 is 0 Å². The second-order valence-electron chi connectivity index (χ2n) is 4.44. The molecule has 0 bridgehead atoms. The topological polar surface area (TPSA) is 21.3 Å². The number of thiophene rings is 1. The van der Waals surface area contributed by atoms with Gasteiger partial charge in [-0.2, -0.15) is 0 Å². The summed E-state index contributed by atoms with van der Waals surface area (Å²) in [6, 6.07) is 2.47. The van der Waals surface area contributed by atoms with E-state index in [1.165, 1.54) is 9.35 Å². The Hall–Kier alpha value is 0.1000. The standard InChI is InChI=1S/C14H24BrNOS/c1-5-14(6-2,17-7-3)13(16-4)10-12-11(15)8-9-18-12/h8-9,13,16H,5-7,10H2,1-4H3. The van der Waals surface area contributed by atoms with Crippen molar-refractivity contribution in [1.82, 2.24) is 5.32 Å². The van der Waals surface area contributed by atoms with E-state index in [4.69, 9.17) is 4.74 Å². The fourth-order valence-corrected chi connectivity index (χ4v) is 4.10. The van der Waals surface area contributed by atoms with Gasteiger partial charge in [0.25, 0.3) is 0 Å². The quantitative estimate of drug-likeness (QED) is 0.768. The monoisotopic (exact) mass is 333 g/mol. The fraction of sp³-hybridized carbons (Fsp3) is 0.714. The Morgan fingerprint density at radius 2 is 2.06 bits per heavy atom. The third-order valence-corrected chi connectivity index (χ3v) is 5.64. The Labute approximate surface area is 123 Å². The van der Waals surface area contributed by atoms with Crippen LogP contribution in [0.15, 0.2) is 15.9 Å². The van der Waals surface area contributed by atoms with E-state index in [2.05, 4.69) is 53.5 Å². The molecule has 1 aromatic rings. The van der Waals surface area contributed by atoms with Gasteiger partial charge in [0.2, 0.25) is 0 Å². The Bertz CT molecular complexity index is 349. The Balaban J connectivity index is 2.88. The van der Waals surface area contributed by atoms with Crippen LogP contribution in [0.3, 0.4) is 0 Å². The maximum absolute atomic E-state index is 6.10. The summed E-state index contributed by atoms with van der Waals surface area (Å²) in [7, 11) is 2.03. The lowest BCUT2D eigenvalue weighted by atomic mass is 9.86. The second-order valence-corrected chi connectivity index (χ2v) is 6.30. The average molecular weight is 334 g/mol. The molecule has 1 aromatic heterocycles. The summed E-state index contributed by atoms with van der Waals surface area (Å²) in [4.78, 5) is 1.39. The molecule has 2 nitrogen and oxygen atoms in total. The first-order chi connectivity index (χ1) is 8.63. The normalized spacial score (nSPS) is 13.8. The molecule has 0 aliphatic heterocycles. The van der Waals surface area contributed by atoms with Crippen LogP contribution in [0.5, 0.6) is 0 Å².